The average Bonchev–Trinajstić information content (AvgIpc) is 2.59. The van der Waals surface area contributed by atoms with Gasteiger partial charge in [0.1, 0.15) is 11.5 Å². The van der Waals surface area contributed by atoms with Crippen molar-refractivity contribution in [1.82, 2.24) is 0 Å². The Kier molecular flexibility index (Phi) is 6.75. The zero-order chi connectivity index (χ0) is 18.2. The highest BCUT2D eigenvalue weighted by Gasteiger charge is 2.16. The lowest BCUT2D eigenvalue weighted by atomic mass is 10.0. The molecule has 2 rings (SSSR count). The third kappa shape index (κ3) is 6.42. The van der Waals surface area contributed by atoms with Crippen LogP contribution >= 0.6 is 0 Å². The van der Waals surface area contributed by atoms with Crippen LogP contribution in [-0.4, -0.2) is 11.9 Å². The Hall–Kier alpha value is -2.62. The molecule has 4 heteroatoms. The van der Waals surface area contributed by atoms with Crippen molar-refractivity contribution in [3.05, 3.63) is 59.7 Å². The highest BCUT2D eigenvalue weighted by molar-refractivity contribution is 5.75. The van der Waals surface area contributed by atoms with Crippen molar-refractivity contribution in [2.75, 3.05) is 0 Å². The first-order valence-corrected chi connectivity index (χ1v) is 8.50. The molecular formula is C21H24O4. The van der Waals surface area contributed by atoms with Crippen LogP contribution < -0.4 is 9.47 Å². The molecule has 0 radical (unpaired) electrons. The van der Waals surface area contributed by atoms with E-state index in [1.807, 2.05) is 45.0 Å². The number of carbonyl (C=O) groups excluding carboxylic acids is 2. The molecule has 0 unspecified atom stereocenters. The number of aryl methyl sites for hydroxylation is 2. The van der Waals surface area contributed by atoms with Gasteiger partial charge in [-0.3, -0.25) is 9.59 Å². The smallest absolute Gasteiger partial charge is 0.314 e. The van der Waals surface area contributed by atoms with Crippen LogP contribution in [0.5, 0.6) is 11.5 Å². The minimum Gasteiger partial charge on any atom is -0.427 e. The summed E-state index contributed by atoms with van der Waals surface area (Å²) in [5.74, 6) is 0.246. The zero-order valence-corrected chi connectivity index (χ0v) is 15.0. The van der Waals surface area contributed by atoms with Crippen molar-refractivity contribution in [2.45, 2.75) is 40.0 Å². The molecule has 25 heavy (non-hydrogen) atoms. The number of carbonyl (C=O) groups is 2. The van der Waals surface area contributed by atoms with E-state index in [2.05, 4.69) is 0 Å². The van der Waals surface area contributed by atoms with Gasteiger partial charge in [0.25, 0.3) is 0 Å². The van der Waals surface area contributed by atoms with Crippen LogP contribution in [0.4, 0.5) is 0 Å². The molecule has 0 aliphatic heterocycles. The SMILES string of the molecule is Cc1ccc(OC(=O)CCC[C@@H](C)C(=O)Oc2ccc(C)cc2)cc1. The first kappa shape index (κ1) is 18.7. The van der Waals surface area contributed by atoms with Gasteiger partial charge in [-0.25, -0.2) is 0 Å². The highest BCUT2D eigenvalue weighted by atomic mass is 16.5. The molecule has 0 fully saturated rings. The molecule has 0 aliphatic carbocycles. The van der Waals surface area contributed by atoms with E-state index in [0.717, 1.165) is 11.1 Å². The van der Waals surface area contributed by atoms with Gasteiger partial charge in [-0.1, -0.05) is 42.3 Å². The average molecular weight is 340 g/mol. The van der Waals surface area contributed by atoms with Gasteiger partial charge in [-0.15, -0.1) is 0 Å². The highest BCUT2D eigenvalue weighted by Crippen LogP contribution is 2.17. The van der Waals surface area contributed by atoms with Crippen molar-refractivity contribution in [2.24, 2.45) is 5.92 Å². The molecule has 0 aliphatic rings. The molecule has 0 aromatic heterocycles. The minimum atomic E-state index is -0.289. The predicted molar refractivity (Wildman–Crippen MR) is 96.6 cm³/mol. The summed E-state index contributed by atoms with van der Waals surface area (Å²) in [6, 6.07) is 14.7. The summed E-state index contributed by atoms with van der Waals surface area (Å²) in [5.41, 5.74) is 2.22. The lowest BCUT2D eigenvalue weighted by Gasteiger charge is -2.11. The predicted octanol–water partition coefficient (Wildman–Crippen LogP) is 4.62. The first-order chi connectivity index (χ1) is 11.9. The molecule has 0 bridgehead atoms. The lowest BCUT2D eigenvalue weighted by Crippen LogP contribution is -2.18. The van der Waals surface area contributed by atoms with Crippen LogP contribution in [0.3, 0.4) is 0 Å². The van der Waals surface area contributed by atoms with E-state index in [0.29, 0.717) is 24.3 Å². The maximum atomic E-state index is 12.1. The number of hydrogen-bond donors (Lipinski definition) is 0. The fraction of sp³-hybridized carbons (Fsp3) is 0.333. The van der Waals surface area contributed by atoms with Gasteiger partial charge in [0.05, 0.1) is 5.92 Å². The second kappa shape index (κ2) is 9.02. The zero-order valence-electron chi connectivity index (χ0n) is 15.0. The van der Waals surface area contributed by atoms with Gasteiger partial charge >= 0.3 is 11.9 Å². The van der Waals surface area contributed by atoms with Crippen molar-refractivity contribution >= 4 is 11.9 Å². The summed E-state index contributed by atoms with van der Waals surface area (Å²) >= 11 is 0. The Morgan fingerprint density at radius 2 is 1.32 bits per heavy atom. The van der Waals surface area contributed by atoms with Gasteiger partial charge in [0.15, 0.2) is 0 Å². The van der Waals surface area contributed by atoms with Gasteiger partial charge in [0.2, 0.25) is 0 Å². The second-order valence-electron chi connectivity index (χ2n) is 6.31. The topological polar surface area (TPSA) is 52.6 Å². The third-order valence-corrected chi connectivity index (χ3v) is 3.91. The van der Waals surface area contributed by atoms with Crippen LogP contribution in [-0.2, 0) is 9.59 Å². The summed E-state index contributed by atoms with van der Waals surface area (Å²) in [7, 11) is 0. The molecule has 2 aromatic rings. The first-order valence-electron chi connectivity index (χ1n) is 8.50. The molecule has 0 saturated heterocycles. The summed E-state index contributed by atoms with van der Waals surface area (Å²) in [6.07, 6.45) is 1.43. The van der Waals surface area contributed by atoms with E-state index in [1.54, 1.807) is 24.3 Å². The number of rotatable bonds is 7. The van der Waals surface area contributed by atoms with E-state index in [4.69, 9.17) is 9.47 Å². The van der Waals surface area contributed by atoms with E-state index >= 15 is 0 Å². The van der Waals surface area contributed by atoms with Crippen LogP contribution in [0, 0.1) is 19.8 Å². The lowest BCUT2D eigenvalue weighted by molar-refractivity contribution is -0.139. The van der Waals surface area contributed by atoms with Crippen LogP contribution in [0.2, 0.25) is 0 Å². The maximum absolute atomic E-state index is 12.1. The quantitative estimate of drug-likeness (QED) is 0.545. The fourth-order valence-electron chi connectivity index (χ4n) is 2.28. The van der Waals surface area contributed by atoms with E-state index in [9.17, 15) is 9.59 Å². The van der Waals surface area contributed by atoms with E-state index < -0.39 is 0 Å². The standard InChI is InChI=1S/C21H24O4/c1-15-7-11-18(12-8-15)24-20(22)6-4-5-17(3)21(23)25-19-13-9-16(2)10-14-19/h7-14,17H,4-6H2,1-3H3/t17-/m1/s1. The normalized spacial score (nSPS) is 11.6. The largest absolute Gasteiger partial charge is 0.427 e. The number of esters is 2. The Morgan fingerprint density at radius 3 is 1.84 bits per heavy atom. The number of hydrogen-bond acceptors (Lipinski definition) is 4. The molecule has 0 spiro atoms. The molecule has 0 heterocycles. The fourth-order valence-corrected chi connectivity index (χ4v) is 2.28. The van der Waals surface area contributed by atoms with Gasteiger partial charge in [-0.2, -0.15) is 0 Å². The van der Waals surface area contributed by atoms with E-state index in [-0.39, 0.29) is 24.3 Å². The van der Waals surface area contributed by atoms with Crippen LogP contribution in [0.1, 0.15) is 37.3 Å². The minimum absolute atomic E-state index is 0.270. The molecular weight excluding hydrogens is 316 g/mol. The maximum Gasteiger partial charge on any atom is 0.314 e. The van der Waals surface area contributed by atoms with Crippen molar-refractivity contribution in [3.63, 3.8) is 0 Å². The molecule has 4 nitrogen and oxygen atoms in total. The van der Waals surface area contributed by atoms with Crippen molar-refractivity contribution in [3.8, 4) is 11.5 Å². The van der Waals surface area contributed by atoms with Gasteiger partial charge in [-0.05, 0) is 51.0 Å². The number of ether oxygens (including phenoxy) is 2. The van der Waals surface area contributed by atoms with Crippen molar-refractivity contribution < 1.29 is 19.1 Å². The summed E-state index contributed by atoms with van der Waals surface area (Å²) < 4.78 is 10.6. The molecule has 1 atom stereocenters. The molecule has 0 N–H and O–H groups in total. The van der Waals surface area contributed by atoms with Gasteiger partial charge < -0.3 is 9.47 Å². The Balaban J connectivity index is 1.70. The van der Waals surface area contributed by atoms with Gasteiger partial charge in [0, 0.05) is 6.42 Å². The molecule has 2 aromatic carbocycles. The number of benzene rings is 2. The Morgan fingerprint density at radius 1 is 0.840 bits per heavy atom. The summed E-state index contributed by atoms with van der Waals surface area (Å²) in [4.78, 5) is 23.9. The second-order valence-corrected chi connectivity index (χ2v) is 6.31. The van der Waals surface area contributed by atoms with Crippen LogP contribution in [0.25, 0.3) is 0 Å². The summed E-state index contributed by atoms with van der Waals surface area (Å²) in [5, 5.41) is 0. The van der Waals surface area contributed by atoms with Crippen LogP contribution in [0.15, 0.2) is 48.5 Å². The molecule has 0 amide bonds. The molecule has 0 saturated carbocycles. The summed E-state index contributed by atoms with van der Waals surface area (Å²) in [6.45, 7) is 5.76. The van der Waals surface area contributed by atoms with Crippen molar-refractivity contribution in [1.29, 1.82) is 0 Å². The Labute approximate surface area is 148 Å². The molecule has 132 valence electrons. The Bertz CT molecular complexity index is 702. The monoisotopic (exact) mass is 340 g/mol. The third-order valence-electron chi connectivity index (χ3n) is 3.91. The van der Waals surface area contributed by atoms with E-state index in [1.165, 1.54) is 0 Å².